The van der Waals surface area contributed by atoms with Gasteiger partial charge in [-0.05, 0) is 31.1 Å². The van der Waals surface area contributed by atoms with E-state index in [4.69, 9.17) is 0 Å². The van der Waals surface area contributed by atoms with Crippen molar-refractivity contribution in [3.63, 3.8) is 0 Å². The topological polar surface area (TPSA) is 37.4 Å². The minimum atomic E-state index is 0.0405. The normalized spacial score (nSPS) is 38.5. The number of ketones is 1. The van der Waals surface area contributed by atoms with Crippen molar-refractivity contribution < 1.29 is 9.59 Å². The maximum Gasteiger partial charge on any atom is 0.225 e. The molecule has 20 heavy (non-hydrogen) atoms. The standard InChI is InChI=1S/C17H27NO2/c1-12-11-18(9-8-16(12)19)17(20)15-7-6-13-4-2-3-5-14(13)10-15/h12-15H,2-11H2,1H3. The minimum absolute atomic E-state index is 0.0405. The van der Waals surface area contributed by atoms with Gasteiger partial charge in [0.05, 0.1) is 0 Å². The third kappa shape index (κ3) is 2.77. The van der Waals surface area contributed by atoms with Gasteiger partial charge >= 0.3 is 0 Å². The molecule has 0 N–H and O–H groups in total. The first-order valence-corrected chi connectivity index (χ1v) is 8.46. The molecule has 0 spiro atoms. The van der Waals surface area contributed by atoms with Gasteiger partial charge in [0.1, 0.15) is 5.78 Å². The average Bonchev–Trinajstić information content (AvgIpc) is 2.49. The number of fused-ring (bicyclic) bond motifs is 1. The van der Waals surface area contributed by atoms with Gasteiger partial charge in [0.15, 0.2) is 0 Å². The summed E-state index contributed by atoms with van der Waals surface area (Å²) in [5, 5.41) is 0. The second-order valence-electron chi connectivity index (χ2n) is 7.22. The Kier molecular flexibility index (Phi) is 4.13. The van der Waals surface area contributed by atoms with Crippen LogP contribution in [0, 0.1) is 23.7 Å². The molecule has 0 aromatic rings. The lowest BCUT2D eigenvalue weighted by Crippen LogP contribution is -2.47. The molecule has 0 bridgehead atoms. The van der Waals surface area contributed by atoms with Gasteiger partial charge in [0.25, 0.3) is 0 Å². The highest BCUT2D eigenvalue weighted by molar-refractivity contribution is 5.85. The molecule has 4 unspecified atom stereocenters. The van der Waals surface area contributed by atoms with Crippen LogP contribution in [0.1, 0.15) is 58.3 Å². The summed E-state index contributed by atoms with van der Waals surface area (Å²) in [5.74, 6) is 2.65. The summed E-state index contributed by atoms with van der Waals surface area (Å²) in [6.07, 6.45) is 9.49. The van der Waals surface area contributed by atoms with E-state index in [9.17, 15) is 9.59 Å². The summed E-state index contributed by atoms with van der Waals surface area (Å²) in [6, 6.07) is 0. The molecule has 3 fully saturated rings. The molecule has 1 heterocycles. The molecule has 0 radical (unpaired) electrons. The maximum atomic E-state index is 12.7. The van der Waals surface area contributed by atoms with Gasteiger partial charge in [-0.25, -0.2) is 0 Å². The average molecular weight is 277 g/mol. The lowest BCUT2D eigenvalue weighted by Gasteiger charge is -2.41. The Morgan fingerprint density at radius 1 is 1.10 bits per heavy atom. The Labute approximate surface area is 122 Å². The summed E-state index contributed by atoms with van der Waals surface area (Å²) in [4.78, 5) is 26.3. The quantitative estimate of drug-likeness (QED) is 0.739. The van der Waals surface area contributed by atoms with Crippen molar-refractivity contribution in [2.24, 2.45) is 23.7 Å². The number of Topliss-reactive ketones (excluding diaryl/α,β-unsaturated/α-hetero) is 1. The van der Waals surface area contributed by atoms with E-state index in [0.29, 0.717) is 31.2 Å². The SMILES string of the molecule is CC1CN(C(=O)C2CCC3CCCCC3C2)CCC1=O. The van der Waals surface area contributed by atoms with Gasteiger partial charge in [0.2, 0.25) is 5.91 Å². The van der Waals surface area contributed by atoms with Gasteiger partial charge in [-0.2, -0.15) is 0 Å². The van der Waals surface area contributed by atoms with Crippen molar-refractivity contribution in [3.05, 3.63) is 0 Å². The number of nitrogens with zero attached hydrogens (tertiary/aromatic N) is 1. The van der Waals surface area contributed by atoms with Crippen LogP contribution in [0.4, 0.5) is 0 Å². The number of likely N-dealkylation sites (tertiary alicyclic amines) is 1. The highest BCUT2D eigenvalue weighted by Crippen LogP contribution is 2.43. The Hall–Kier alpha value is -0.860. The van der Waals surface area contributed by atoms with Crippen LogP contribution in [0.2, 0.25) is 0 Å². The van der Waals surface area contributed by atoms with E-state index in [2.05, 4.69) is 0 Å². The number of hydrogen-bond acceptors (Lipinski definition) is 2. The van der Waals surface area contributed by atoms with Crippen molar-refractivity contribution >= 4 is 11.7 Å². The highest BCUT2D eigenvalue weighted by Gasteiger charge is 2.37. The summed E-state index contributed by atoms with van der Waals surface area (Å²) >= 11 is 0. The minimum Gasteiger partial charge on any atom is -0.341 e. The molecule has 112 valence electrons. The molecule has 3 aliphatic rings. The van der Waals surface area contributed by atoms with E-state index >= 15 is 0 Å². The number of carbonyl (C=O) groups is 2. The summed E-state index contributed by atoms with van der Waals surface area (Å²) < 4.78 is 0. The molecule has 3 nitrogen and oxygen atoms in total. The summed E-state index contributed by atoms with van der Waals surface area (Å²) in [6.45, 7) is 3.27. The van der Waals surface area contributed by atoms with Gasteiger partial charge in [-0.1, -0.05) is 32.6 Å². The van der Waals surface area contributed by atoms with Crippen LogP contribution >= 0.6 is 0 Å². The smallest absolute Gasteiger partial charge is 0.225 e. The molecular weight excluding hydrogens is 250 g/mol. The van der Waals surface area contributed by atoms with Crippen molar-refractivity contribution in [2.75, 3.05) is 13.1 Å². The van der Waals surface area contributed by atoms with Crippen LogP contribution in [0.25, 0.3) is 0 Å². The number of rotatable bonds is 1. The molecule has 1 saturated heterocycles. The second-order valence-corrected chi connectivity index (χ2v) is 7.22. The molecule has 2 aliphatic carbocycles. The van der Waals surface area contributed by atoms with Crippen molar-refractivity contribution in [1.82, 2.24) is 4.90 Å². The molecule has 0 aromatic carbocycles. The predicted octanol–water partition coefficient (Wildman–Crippen LogP) is 3.03. The lowest BCUT2D eigenvalue weighted by atomic mass is 9.67. The number of amides is 1. The summed E-state index contributed by atoms with van der Waals surface area (Å²) in [7, 11) is 0. The molecule has 3 heteroatoms. The zero-order valence-electron chi connectivity index (χ0n) is 12.6. The van der Waals surface area contributed by atoms with Crippen LogP contribution < -0.4 is 0 Å². The van der Waals surface area contributed by atoms with Crippen LogP contribution in [-0.4, -0.2) is 29.7 Å². The Balaban J connectivity index is 1.59. The van der Waals surface area contributed by atoms with E-state index in [1.165, 1.54) is 32.1 Å². The van der Waals surface area contributed by atoms with Gasteiger partial charge in [0, 0.05) is 31.3 Å². The van der Waals surface area contributed by atoms with E-state index < -0.39 is 0 Å². The first kappa shape index (κ1) is 14.1. The fourth-order valence-corrected chi connectivity index (χ4v) is 4.57. The Morgan fingerprint density at radius 3 is 2.60 bits per heavy atom. The van der Waals surface area contributed by atoms with E-state index in [1.807, 2.05) is 11.8 Å². The molecule has 4 atom stereocenters. The number of piperidine rings is 1. The van der Waals surface area contributed by atoms with Crippen molar-refractivity contribution in [3.8, 4) is 0 Å². The predicted molar refractivity (Wildman–Crippen MR) is 78.2 cm³/mol. The van der Waals surface area contributed by atoms with E-state index in [-0.39, 0.29) is 11.8 Å². The zero-order chi connectivity index (χ0) is 14.1. The maximum absolute atomic E-state index is 12.7. The largest absolute Gasteiger partial charge is 0.341 e. The fraction of sp³-hybridized carbons (Fsp3) is 0.882. The number of carbonyl (C=O) groups excluding carboxylic acids is 2. The first-order valence-electron chi connectivity index (χ1n) is 8.46. The molecule has 3 rings (SSSR count). The van der Waals surface area contributed by atoms with E-state index in [1.54, 1.807) is 0 Å². The third-order valence-corrected chi connectivity index (χ3v) is 5.87. The highest BCUT2D eigenvalue weighted by atomic mass is 16.2. The Bertz CT molecular complexity index is 392. The van der Waals surface area contributed by atoms with Crippen LogP contribution in [0.15, 0.2) is 0 Å². The van der Waals surface area contributed by atoms with Crippen LogP contribution in [0.5, 0.6) is 0 Å². The second kappa shape index (κ2) is 5.87. The first-order chi connectivity index (χ1) is 9.65. The molecule has 1 aliphatic heterocycles. The lowest BCUT2D eigenvalue weighted by molar-refractivity contribution is -0.142. The monoisotopic (exact) mass is 277 g/mol. The van der Waals surface area contributed by atoms with Crippen LogP contribution in [-0.2, 0) is 9.59 Å². The molecular formula is C17H27NO2. The van der Waals surface area contributed by atoms with Gasteiger partial charge in [-0.15, -0.1) is 0 Å². The molecule has 0 aromatic heterocycles. The molecule has 2 saturated carbocycles. The van der Waals surface area contributed by atoms with Crippen LogP contribution in [0.3, 0.4) is 0 Å². The van der Waals surface area contributed by atoms with Gasteiger partial charge in [-0.3, -0.25) is 9.59 Å². The molecule has 1 amide bonds. The Morgan fingerprint density at radius 2 is 1.85 bits per heavy atom. The third-order valence-electron chi connectivity index (χ3n) is 5.87. The number of hydrogen-bond donors (Lipinski definition) is 0. The summed E-state index contributed by atoms with van der Waals surface area (Å²) in [5.41, 5.74) is 0. The van der Waals surface area contributed by atoms with Crippen molar-refractivity contribution in [2.45, 2.75) is 58.3 Å². The van der Waals surface area contributed by atoms with E-state index in [0.717, 1.165) is 24.7 Å². The zero-order valence-corrected chi connectivity index (χ0v) is 12.6. The fourth-order valence-electron chi connectivity index (χ4n) is 4.57. The van der Waals surface area contributed by atoms with Gasteiger partial charge < -0.3 is 4.90 Å². The van der Waals surface area contributed by atoms with Crippen molar-refractivity contribution in [1.29, 1.82) is 0 Å².